The van der Waals surface area contributed by atoms with Gasteiger partial charge in [-0.05, 0) is 43.9 Å². The number of nitrogens with one attached hydrogen (secondary N) is 1. The highest BCUT2D eigenvalue weighted by Gasteiger charge is 2.23. The van der Waals surface area contributed by atoms with E-state index in [0.29, 0.717) is 5.56 Å². The Balaban J connectivity index is 2.93. The van der Waals surface area contributed by atoms with Crippen LogP contribution in [0.15, 0.2) is 18.2 Å². The van der Waals surface area contributed by atoms with Crippen LogP contribution in [0.5, 0.6) is 11.5 Å². The maximum Gasteiger partial charge on any atom is 0.508 e. The summed E-state index contributed by atoms with van der Waals surface area (Å²) in [6.45, 7) is 14.0. The van der Waals surface area contributed by atoms with E-state index in [9.17, 15) is 24.3 Å². The zero-order valence-corrected chi connectivity index (χ0v) is 22.3. The molecule has 202 valence electrons. The number of ether oxygens (including phenoxy) is 4. The quantitative estimate of drug-likeness (QED) is 0.297. The zero-order valence-electron chi connectivity index (χ0n) is 22.3. The van der Waals surface area contributed by atoms with Crippen LogP contribution in [-0.4, -0.2) is 54.0 Å². The number of carbonyl (C=O) groups is 4. The first kappa shape index (κ1) is 30.9. The first-order valence-corrected chi connectivity index (χ1v) is 12.1. The summed E-state index contributed by atoms with van der Waals surface area (Å²) < 4.78 is 21.1. The Morgan fingerprint density at radius 1 is 0.833 bits per heavy atom. The molecule has 0 bridgehead atoms. The summed E-state index contributed by atoms with van der Waals surface area (Å²) >= 11 is 0. The van der Waals surface area contributed by atoms with Gasteiger partial charge in [0, 0.05) is 6.54 Å². The molecule has 0 amide bonds. The lowest BCUT2D eigenvalue weighted by Gasteiger charge is -2.21. The van der Waals surface area contributed by atoms with Crippen molar-refractivity contribution in [1.29, 1.82) is 0 Å². The van der Waals surface area contributed by atoms with E-state index in [-0.39, 0.29) is 36.5 Å². The van der Waals surface area contributed by atoms with Gasteiger partial charge < -0.3 is 29.4 Å². The van der Waals surface area contributed by atoms with Crippen molar-refractivity contribution in [3.05, 3.63) is 23.8 Å². The minimum atomic E-state index is -1.12. The van der Waals surface area contributed by atoms with E-state index in [4.69, 9.17) is 18.9 Å². The highest BCUT2D eigenvalue weighted by molar-refractivity contribution is 5.78. The van der Waals surface area contributed by atoms with E-state index >= 15 is 0 Å². The van der Waals surface area contributed by atoms with Gasteiger partial charge in [-0.1, -0.05) is 47.6 Å². The van der Waals surface area contributed by atoms with E-state index in [1.165, 1.54) is 12.1 Å². The van der Waals surface area contributed by atoms with Gasteiger partial charge in [-0.25, -0.2) is 4.79 Å². The third-order valence-electron chi connectivity index (χ3n) is 5.28. The molecule has 1 aromatic rings. The molecule has 36 heavy (non-hydrogen) atoms. The largest absolute Gasteiger partial charge is 0.508 e. The van der Waals surface area contributed by atoms with Crippen LogP contribution in [0.1, 0.15) is 61.0 Å². The third-order valence-corrected chi connectivity index (χ3v) is 5.28. The molecule has 10 nitrogen and oxygen atoms in total. The molecule has 0 fully saturated rings. The summed E-state index contributed by atoms with van der Waals surface area (Å²) in [5.41, 5.74) is 0.532. The standard InChI is InChI=1S/C26H39NO9/c1-14(2)18(8)34-26(32)33-17(7)13-27-20(23(28)29)11-19-9-10-21(35-24(30)15(3)4)22(12-19)36-25(31)16(5)6/h9-10,12,14-18,20,27H,11,13H2,1-8H3,(H,28,29)/t17?,18?,20-/m0/s1. The lowest BCUT2D eigenvalue weighted by Crippen LogP contribution is -2.43. The van der Waals surface area contributed by atoms with E-state index in [0.717, 1.165) is 0 Å². The Morgan fingerprint density at radius 2 is 1.39 bits per heavy atom. The SMILES string of the molecule is CC(CN[C@@H](Cc1ccc(OC(=O)C(C)C)c(OC(=O)C(C)C)c1)C(=O)O)OC(=O)OC(C)C(C)C. The summed E-state index contributed by atoms with van der Waals surface area (Å²) in [6.07, 6.45) is -1.74. The highest BCUT2D eigenvalue weighted by atomic mass is 16.7. The van der Waals surface area contributed by atoms with Crippen molar-refractivity contribution in [2.24, 2.45) is 17.8 Å². The van der Waals surface area contributed by atoms with Crippen LogP contribution in [0.4, 0.5) is 4.79 Å². The number of carbonyl (C=O) groups excluding carboxylic acids is 3. The van der Waals surface area contributed by atoms with Gasteiger partial charge in [-0.3, -0.25) is 14.4 Å². The molecule has 3 atom stereocenters. The molecule has 0 saturated heterocycles. The summed E-state index contributed by atoms with van der Waals surface area (Å²) in [7, 11) is 0. The second-order valence-electron chi connectivity index (χ2n) is 9.68. The van der Waals surface area contributed by atoms with Crippen LogP contribution in [0.25, 0.3) is 0 Å². The molecule has 1 rings (SSSR count). The minimum absolute atomic E-state index is 0.0293. The van der Waals surface area contributed by atoms with Crippen molar-refractivity contribution in [2.45, 2.75) is 80.1 Å². The Morgan fingerprint density at radius 3 is 1.89 bits per heavy atom. The van der Waals surface area contributed by atoms with E-state index in [1.54, 1.807) is 47.6 Å². The van der Waals surface area contributed by atoms with Crippen molar-refractivity contribution in [1.82, 2.24) is 5.32 Å². The fraction of sp³-hybridized carbons (Fsp3) is 0.615. The van der Waals surface area contributed by atoms with Gasteiger partial charge in [0.1, 0.15) is 18.2 Å². The van der Waals surface area contributed by atoms with Crippen molar-refractivity contribution in [3.63, 3.8) is 0 Å². The van der Waals surface area contributed by atoms with Gasteiger partial charge >= 0.3 is 24.1 Å². The van der Waals surface area contributed by atoms with Crippen molar-refractivity contribution >= 4 is 24.1 Å². The number of carboxylic acids is 1. The highest BCUT2D eigenvalue weighted by Crippen LogP contribution is 2.30. The molecule has 0 heterocycles. The molecule has 0 aromatic heterocycles. The second-order valence-corrected chi connectivity index (χ2v) is 9.68. The van der Waals surface area contributed by atoms with Crippen molar-refractivity contribution < 1.29 is 43.2 Å². The number of esters is 2. The number of aliphatic carboxylic acids is 1. The average molecular weight is 510 g/mol. The predicted molar refractivity (Wildman–Crippen MR) is 132 cm³/mol. The predicted octanol–water partition coefficient (Wildman–Crippen LogP) is 3.98. The van der Waals surface area contributed by atoms with Crippen LogP contribution in [-0.2, 0) is 30.3 Å². The molecule has 10 heteroatoms. The van der Waals surface area contributed by atoms with Crippen LogP contribution in [0.2, 0.25) is 0 Å². The Hall–Kier alpha value is -3.14. The van der Waals surface area contributed by atoms with Gasteiger partial charge in [0.25, 0.3) is 0 Å². The van der Waals surface area contributed by atoms with Crippen molar-refractivity contribution in [2.75, 3.05) is 6.54 Å². The maximum atomic E-state index is 12.2. The molecule has 2 N–H and O–H groups in total. The summed E-state index contributed by atoms with van der Waals surface area (Å²) in [5, 5.41) is 12.5. The van der Waals surface area contributed by atoms with Crippen LogP contribution >= 0.6 is 0 Å². The monoisotopic (exact) mass is 509 g/mol. The molecule has 0 saturated carbocycles. The van der Waals surface area contributed by atoms with Crippen LogP contribution in [0, 0.1) is 17.8 Å². The maximum absolute atomic E-state index is 12.2. The second kappa shape index (κ2) is 14.4. The summed E-state index contributed by atoms with van der Waals surface area (Å²) in [4.78, 5) is 48.0. The number of hydrogen-bond acceptors (Lipinski definition) is 9. The van der Waals surface area contributed by atoms with Gasteiger partial charge in [0.15, 0.2) is 11.5 Å². The lowest BCUT2D eigenvalue weighted by atomic mass is 10.0. The third kappa shape index (κ3) is 10.6. The van der Waals surface area contributed by atoms with E-state index in [1.807, 2.05) is 13.8 Å². The molecule has 0 aliphatic rings. The fourth-order valence-electron chi connectivity index (χ4n) is 2.61. The van der Waals surface area contributed by atoms with Gasteiger partial charge in [-0.2, -0.15) is 0 Å². The van der Waals surface area contributed by atoms with Crippen LogP contribution < -0.4 is 14.8 Å². The Kier molecular flexibility index (Phi) is 12.4. The summed E-state index contributed by atoms with van der Waals surface area (Å²) in [6, 6.07) is 3.51. The smallest absolute Gasteiger partial charge is 0.480 e. The first-order chi connectivity index (χ1) is 16.7. The summed E-state index contributed by atoms with van der Waals surface area (Å²) in [5.74, 6) is -2.72. The molecular formula is C26H39NO9. The molecule has 0 spiro atoms. The number of carboxylic acid groups (broad SMARTS) is 1. The Bertz CT molecular complexity index is 911. The van der Waals surface area contributed by atoms with Crippen molar-refractivity contribution in [3.8, 4) is 11.5 Å². The number of rotatable bonds is 13. The topological polar surface area (TPSA) is 137 Å². The van der Waals surface area contributed by atoms with Gasteiger partial charge in [-0.15, -0.1) is 0 Å². The molecule has 0 aliphatic carbocycles. The lowest BCUT2D eigenvalue weighted by molar-refractivity contribution is -0.140. The molecule has 1 aromatic carbocycles. The number of benzene rings is 1. The zero-order chi connectivity index (χ0) is 27.6. The normalized spacial score (nSPS) is 13.8. The molecule has 0 aliphatic heterocycles. The minimum Gasteiger partial charge on any atom is -0.480 e. The Labute approximate surface area is 212 Å². The number of hydrogen-bond donors (Lipinski definition) is 2. The van der Waals surface area contributed by atoms with Crippen LogP contribution in [0.3, 0.4) is 0 Å². The average Bonchev–Trinajstić information content (AvgIpc) is 2.77. The van der Waals surface area contributed by atoms with E-state index in [2.05, 4.69) is 5.32 Å². The molecule has 0 radical (unpaired) electrons. The van der Waals surface area contributed by atoms with Gasteiger partial charge in [0.2, 0.25) is 0 Å². The van der Waals surface area contributed by atoms with E-state index < -0.39 is 48.0 Å². The fourth-order valence-corrected chi connectivity index (χ4v) is 2.61. The molecular weight excluding hydrogens is 470 g/mol. The van der Waals surface area contributed by atoms with Gasteiger partial charge in [0.05, 0.1) is 11.8 Å². The first-order valence-electron chi connectivity index (χ1n) is 12.1. The molecule has 2 unspecified atom stereocenters.